The summed E-state index contributed by atoms with van der Waals surface area (Å²) in [6, 6.07) is 79.6. The fourth-order valence-corrected chi connectivity index (χ4v) is 9.57. The van der Waals surface area contributed by atoms with Gasteiger partial charge in [-0.05, 0) is 122 Å². The van der Waals surface area contributed by atoms with Crippen LogP contribution < -0.4 is 9.80 Å². The van der Waals surface area contributed by atoms with Crippen molar-refractivity contribution >= 4 is 98.0 Å². The highest BCUT2D eigenvalue weighted by Gasteiger charge is 2.23. The van der Waals surface area contributed by atoms with Gasteiger partial charge < -0.3 is 9.80 Å². The van der Waals surface area contributed by atoms with Crippen LogP contribution in [0, 0.1) is 0 Å². The Labute approximate surface area is 335 Å². The first-order valence-corrected chi connectivity index (χ1v) is 20.2. The molecule has 0 amide bonds. The topological polar surface area (TPSA) is 6.48 Å². The van der Waals surface area contributed by atoms with Crippen molar-refractivity contribution in [1.82, 2.24) is 0 Å². The predicted molar refractivity (Wildman–Crippen MR) is 247 cm³/mol. The van der Waals surface area contributed by atoms with Gasteiger partial charge in [-0.3, -0.25) is 0 Å². The molecule has 0 saturated carbocycles. The van der Waals surface area contributed by atoms with E-state index in [0.717, 1.165) is 34.1 Å². The van der Waals surface area contributed by atoms with E-state index in [4.69, 9.17) is 0 Å². The van der Waals surface area contributed by atoms with Crippen LogP contribution in [0.15, 0.2) is 218 Å². The molecule has 0 fully saturated rings. The van der Waals surface area contributed by atoms with Crippen LogP contribution in [0.2, 0.25) is 0 Å². The Hall–Kier alpha value is -7.20. The summed E-state index contributed by atoms with van der Waals surface area (Å²) in [6.07, 6.45) is 0. The van der Waals surface area contributed by atoms with Crippen LogP contribution in [0.4, 0.5) is 34.1 Å². The van der Waals surface area contributed by atoms with E-state index < -0.39 is 0 Å². The molecule has 0 N–H and O–H groups in total. The average Bonchev–Trinajstić information content (AvgIpc) is 3.64. The molecule has 0 bridgehead atoms. The molecule has 0 spiro atoms. The second-order valence-electron chi connectivity index (χ2n) is 14.6. The lowest BCUT2D eigenvalue weighted by atomic mass is 10.0. The van der Waals surface area contributed by atoms with E-state index in [2.05, 4.69) is 228 Å². The smallest absolute Gasteiger partial charge is 0.0661 e. The van der Waals surface area contributed by atoms with E-state index >= 15 is 0 Å². The summed E-state index contributed by atoms with van der Waals surface area (Å²) in [5.74, 6) is 0. The van der Waals surface area contributed by atoms with Crippen molar-refractivity contribution in [2.45, 2.75) is 0 Å². The molecule has 1 heterocycles. The maximum atomic E-state index is 2.45. The summed E-state index contributed by atoms with van der Waals surface area (Å²) in [5, 5.41) is 9.86. The highest BCUT2D eigenvalue weighted by atomic mass is 32.1. The van der Waals surface area contributed by atoms with Gasteiger partial charge in [-0.15, -0.1) is 11.3 Å². The molecular formula is C54H36N2S. The average molecular weight is 745 g/mol. The highest BCUT2D eigenvalue weighted by molar-refractivity contribution is 7.26. The number of para-hydroxylation sites is 2. The lowest BCUT2D eigenvalue weighted by molar-refractivity contribution is 1.27. The fraction of sp³-hybridized carbons (Fsp3) is 0. The van der Waals surface area contributed by atoms with Crippen LogP contribution in [0.3, 0.4) is 0 Å². The molecule has 10 aromatic carbocycles. The molecule has 0 aliphatic carbocycles. The molecule has 1 aromatic heterocycles. The molecule has 57 heavy (non-hydrogen) atoms. The number of benzene rings is 10. The molecule has 0 saturated heterocycles. The monoisotopic (exact) mass is 744 g/mol. The molecule has 268 valence electrons. The summed E-state index contributed by atoms with van der Waals surface area (Å²) >= 11 is 1.88. The van der Waals surface area contributed by atoms with Crippen LogP contribution in [-0.4, -0.2) is 0 Å². The molecule has 3 heteroatoms. The number of rotatable bonds is 7. The highest BCUT2D eigenvalue weighted by Crippen LogP contribution is 2.50. The van der Waals surface area contributed by atoms with E-state index in [-0.39, 0.29) is 0 Å². The van der Waals surface area contributed by atoms with E-state index in [0.29, 0.717) is 0 Å². The summed E-state index contributed by atoms with van der Waals surface area (Å²) in [5.41, 5.74) is 9.12. The first-order chi connectivity index (χ1) is 28.2. The maximum Gasteiger partial charge on any atom is 0.0661 e. The van der Waals surface area contributed by atoms with Gasteiger partial charge in [0, 0.05) is 43.9 Å². The van der Waals surface area contributed by atoms with E-state index in [9.17, 15) is 0 Å². The van der Waals surface area contributed by atoms with Gasteiger partial charge in [-0.2, -0.15) is 0 Å². The number of fused-ring (bicyclic) bond motifs is 6. The summed E-state index contributed by atoms with van der Waals surface area (Å²) in [4.78, 5) is 4.86. The minimum atomic E-state index is 1.10. The van der Waals surface area contributed by atoms with Crippen molar-refractivity contribution in [1.29, 1.82) is 0 Å². The Bertz CT molecular complexity index is 3240. The third-order valence-corrected chi connectivity index (χ3v) is 12.3. The molecule has 0 atom stereocenters. The van der Waals surface area contributed by atoms with Crippen molar-refractivity contribution in [3.63, 3.8) is 0 Å². The second kappa shape index (κ2) is 13.8. The van der Waals surface area contributed by atoms with Crippen LogP contribution in [0.1, 0.15) is 0 Å². The van der Waals surface area contributed by atoms with Gasteiger partial charge in [0.05, 0.1) is 10.4 Å². The van der Waals surface area contributed by atoms with Crippen LogP contribution in [0.25, 0.3) is 63.6 Å². The van der Waals surface area contributed by atoms with E-state index in [1.54, 1.807) is 0 Å². The Kier molecular flexibility index (Phi) is 8.04. The van der Waals surface area contributed by atoms with Crippen molar-refractivity contribution in [2.75, 3.05) is 9.80 Å². The number of nitrogens with zero attached hydrogens (tertiary/aromatic N) is 2. The van der Waals surface area contributed by atoms with Crippen molar-refractivity contribution in [3.8, 4) is 11.1 Å². The quantitative estimate of drug-likeness (QED) is 0.160. The summed E-state index contributed by atoms with van der Waals surface area (Å²) < 4.78 is 2.53. The standard InChI is InChI=1S/C54H36N2S/c1-4-14-37(15-5-1)42-24-25-44-32-47(29-27-43(44)30-42)55(45-20-6-2-7-21-45)49-35-51-50-33-40-18-12-13-19-41(40)34-53(50)57-54(51)52(36-49)56(46-22-8-3-9-23-46)48-28-26-38-16-10-11-17-39(38)31-48/h1-36H. The molecule has 2 nitrogen and oxygen atoms in total. The zero-order valence-electron chi connectivity index (χ0n) is 31.1. The van der Waals surface area contributed by atoms with E-state index in [1.807, 2.05) is 11.3 Å². The number of anilines is 6. The Balaban J connectivity index is 1.18. The zero-order valence-corrected chi connectivity index (χ0v) is 31.9. The van der Waals surface area contributed by atoms with Gasteiger partial charge in [0.1, 0.15) is 0 Å². The SMILES string of the molecule is c1ccc(-c2ccc3cc(N(c4ccccc4)c4cc(N(c5ccccc5)c5ccc6ccccc6c5)c5sc6cc7ccccc7cc6c5c4)ccc3c2)cc1. The normalized spacial score (nSPS) is 11.5. The predicted octanol–water partition coefficient (Wildman–Crippen LogP) is 16.1. The molecule has 11 rings (SSSR count). The molecule has 0 unspecified atom stereocenters. The molecule has 0 aliphatic rings. The van der Waals surface area contributed by atoms with Crippen molar-refractivity contribution in [3.05, 3.63) is 218 Å². The lowest BCUT2D eigenvalue weighted by Crippen LogP contribution is -2.13. The maximum absolute atomic E-state index is 2.45. The molecule has 0 aliphatic heterocycles. The van der Waals surface area contributed by atoms with Gasteiger partial charge in [-0.25, -0.2) is 0 Å². The minimum Gasteiger partial charge on any atom is -0.310 e. The number of hydrogen-bond donors (Lipinski definition) is 0. The zero-order chi connectivity index (χ0) is 37.7. The minimum absolute atomic E-state index is 1.10. The van der Waals surface area contributed by atoms with Gasteiger partial charge in [-0.1, -0.05) is 140 Å². The summed E-state index contributed by atoms with van der Waals surface area (Å²) in [7, 11) is 0. The van der Waals surface area contributed by atoms with Crippen molar-refractivity contribution in [2.24, 2.45) is 0 Å². The first-order valence-electron chi connectivity index (χ1n) is 19.4. The Morgan fingerprint density at radius 1 is 0.281 bits per heavy atom. The second-order valence-corrected chi connectivity index (χ2v) is 15.7. The number of thiophene rings is 1. The fourth-order valence-electron chi connectivity index (χ4n) is 8.35. The van der Waals surface area contributed by atoms with E-state index in [1.165, 1.54) is 63.6 Å². The third-order valence-electron chi connectivity index (χ3n) is 11.1. The summed E-state index contributed by atoms with van der Waals surface area (Å²) in [6.45, 7) is 0. The van der Waals surface area contributed by atoms with Gasteiger partial charge in [0.2, 0.25) is 0 Å². The molecule has 0 radical (unpaired) electrons. The number of hydrogen-bond acceptors (Lipinski definition) is 3. The molecular weight excluding hydrogens is 709 g/mol. The molecule has 11 aromatic rings. The lowest BCUT2D eigenvalue weighted by Gasteiger charge is -2.30. The van der Waals surface area contributed by atoms with Gasteiger partial charge in [0.25, 0.3) is 0 Å². The van der Waals surface area contributed by atoms with Crippen LogP contribution >= 0.6 is 11.3 Å². The van der Waals surface area contributed by atoms with Crippen LogP contribution in [-0.2, 0) is 0 Å². The third kappa shape index (κ3) is 5.97. The van der Waals surface area contributed by atoms with Crippen LogP contribution in [0.5, 0.6) is 0 Å². The first kappa shape index (κ1) is 33.2. The van der Waals surface area contributed by atoms with Crippen molar-refractivity contribution < 1.29 is 0 Å². The largest absolute Gasteiger partial charge is 0.310 e. The van der Waals surface area contributed by atoms with Gasteiger partial charge in [0.15, 0.2) is 0 Å². The Morgan fingerprint density at radius 2 is 0.789 bits per heavy atom. The van der Waals surface area contributed by atoms with Gasteiger partial charge >= 0.3 is 0 Å². The Morgan fingerprint density at radius 3 is 1.49 bits per heavy atom.